The van der Waals surface area contributed by atoms with E-state index in [9.17, 15) is 0 Å². The number of benzene rings is 1. The fourth-order valence-corrected chi connectivity index (χ4v) is 1.72. The van der Waals surface area contributed by atoms with Crippen molar-refractivity contribution in [2.24, 2.45) is 0 Å². The second kappa shape index (κ2) is 6.59. The first kappa shape index (κ1) is 12.2. The minimum Gasteiger partial charge on any atom is -0.395 e. The van der Waals surface area contributed by atoms with Crippen LogP contribution in [-0.4, -0.2) is 17.8 Å². The van der Waals surface area contributed by atoms with Crippen molar-refractivity contribution in [3.05, 3.63) is 35.9 Å². The Labute approximate surface area is 92.3 Å². The maximum atomic E-state index is 9.04. The normalized spacial score (nSPS) is 14.9. The summed E-state index contributed by atoms with van der Waals surface area (Å²) < 4.78 is 0. The van der Waals surface area contributed by atoms with Gasteiger partial charge in [0.25, 0.3) is 0 Å². The molecule has 0 aromatic heterocycles. The summed E-state index contributed by atoms with van der Waals surface area (Å²) in [5.41, 5.74) is 1.31. The van der Waals surface area contributed by atoms with Crippen molar-refractivity contribution in [1.29, 1.82) is 0 Å². The van der Waals surface area contributed by atoms with Crippen LogP contribution in [0.25, 0.3) is 0 Å². The van der Waals surface area contributed by atoms with Gasteiger partial charge in [-0.05, 0) is 18.9 Å². The summed E-state index contributed by atoms with van der Waals surface area (Å²) in [4.78, 5) is 0. The van der Waals surface area contributed by atoms with Crippen LogP contribution < -0.4 is 5.32 Å². The Morgan fingerprint density at radius 1 is 1.27 bits per heavy atom. The Hall–Kier alpha value is -0.860. The van der Waals surface area contributed by atoms with E-state index in [2.05, 4.69) is 36.5 Å². The molecule has 0 unspecified atom stereocenters. The Morgan fingerprint density at radius 3 is 2.47 bits per heavy atom. The Kier molecular flexibility index (Phi) is 5.37. The predicted octanol–water partition coefficient (Wildman–Crippen LogP) is 2.50. The second-order valence-electron chi connectivity index (χ2n) is 4.00. The molecule has 0 aliphatic heterocycles. The predicted molar refractivity (Wildman–Crippen MR) is 63.8 cm³/mol. The molecule has 0 amide bonds. The van der Waals surface area contributed by atoms with Gasteiger partial charge in [0.15, 0.2) is 0 Å². The highest BCUT2D eigenvalue weighted by molar-refractivity contribution is 5.18. The first-order chi connectivity index (χ1) is 7.27. The van der Waals surface area contributed by atoms with Gasteiger partial charge < -0.3 is 10.4 Å². The first-order valence-electron chi connectivity index (χ1n) is 5.69. The van der Waals surface area contributed by atoms with Crippen LogP contribution in [0.1, 0.15) is 38.3 Å². The largest absolute Gasteiger partial charge is 0.395 e. The van der Waals surface area contributed by atoms with Gasteiger partial charge in [0.1, 0.15) is 0 Å². The minimum atomic E-state index is 0.154. The molecule has 0 bridgehead atoms. The number of nitrogens with one attached hydrogen (secondary N) is 1. The molecule has 0 radical (unpaired) electrons. The zero-order valence-corrected chi connectivity index (χ0v) is 9.61. The van der Waals surface area contributed by atoms with Gasteiger partial charge in [0.2, 0.25) is 0 Å². The van der Waals surface area contributed by atoms with Crippen molar-refractivity contribution >= 4 is 0 Å². The van der Waals surface area contributed by atoms with E-state index in [0.29, 0.717) is 6.04 Å². The van der Waals surface area contributed by atoms with Gasteiger partial charge in [-0.3, -0.25) is 0 Å². The molecule has 0 spiro atoms. The molecular formula is C13H21NO. The standard InChI is InChI=1S/C13H21NO/c1-3-7-13(14-11(2)10-15)12-8-5-4-6-9-12/h4-6,8-9,11,13-15H,3,7,10H2,1-2H3/t11-,13+/m1/s1. The Morgan fingerprint density at radius 2 is 1.93 bits per heavy atom. The molecule has 2 atom stereocenters. The number of aliphatic hydroxyl groups is 1. The van der Waals surface area contributed by atoms with E-state index in [1.54, 1.807) is 0 Å². The van der Waals surface area contributed by atoms with Gasteiger partial charge in [-0.15, -0.1) is 0 Å². The fourth-order valence-electron chi connectivity index (χ4n) is 1.72. The summed E-state index contributed by atoms with van der Waals surface area (Å²) in [5, 5.41) is 12.5. The number of hydrogen-bond acceptors (Lipinski definition) is 2. The summed E-state index contributed by atoms with van der Waals surface area (Å²) in [7, 11) is 0. The molecule has 84 valence electrons. The number of aliphatic hydroxyl groups excluding tert-OH is 1. The van der Waals surface area contributed by atoms with Crippen molar-refractivity contribution in [3.8, 4) is 0 Å². The van der Waals surface area contributed by atoms with Crippen LogP contribution in [0, 0.1) is 0 Å². The summed E-state index contributed by atoms with van der Waals surface area (Å²) in [6.45, 7) is 4.37. The van der Waals surface area contributed by atoms with Crippen LogP contribution in [-0.2, 0) is 0 Å². The highest BCUT2D eigenvalue weighted by Crippen LogP contribution is 2.18. The lowest BCUT2D eigenvalue weighted by atomic mass is 10.0. The number of rotatable bonds is 6. The maximum absolute atomic E-state index is 9.04. The van der Waals surface area contributed by atoms with Crippen LogP contribution in [0.15, 0.2) is 30.3 Å². The average molecular weight is 207 g/mol. The van der Waals surface area contributed by atoms with Crippen LogP contribution in [0.5, 0.6) is 0 Å². The fraction of sp³-hybridized carbons (Fsp3) is 0.538. The molecule has 0 aliphatic rings. The quantitative estimate of drug-likeness (QED) is 0.751. The van der Waals surface area contributed by atoms with Crippen molar-refractivity contribution in [1.82, 2.24) is 5.32 Å². The van der Waals surface area contributed by atoms with Crippen LogP contribution in [0.3, 0.4) is 0 Å². The van der Waals surface area contributed by atoms with E-state index in [1.165, 1.54) is 5.56 Å². The molecule has 15 heavy (non-hydrogen) atoms. The lowest BCUT2D eigenvalue weighted by molar-refractivity contribution is 0.238. The third kappa shape index (κ3) is 4.02. The van der Waals surface area contributed by atoms with Crippen molar-refractivity contribution in [2.75, 3.05) is 6.61 Å². The van der Waals surface area contributed by atoms with E-state index < -0.39 is 0 Å². The molecule has 0 heterocycles. The Bertz CT molecular complexity index is 260. The van der Waals surface area contributed by atoms with Gasteiger partial charge in [0.05, 0.1) is 6.61 Å². The molecule has 0 aliphatic carbocycles. The smallest absolute Gasteiger partial charge is 0.0582 e. The van der Waals surface area contributed by atoms with E-state index in [0.717, 1.165) is 12.8 Å². The van der Waals surface area contributed by atoms with Gasteiger partial charge in [-0.2, -0.15) is 0 Å². The minimum absolute atomic E-state index is 0.154. The highest BCUT2D eigenvalue weighted by atomic mass is 16.3. The maximum Gasteiger partial charge on any atom is 0.0582 e. The molecule has 2 heteroatoms. The summed E-state index contributed by atoms with van der Waals surface area (Å²) in [5.74, 6) is 0. The lowest BCUT2D eigenvalue weighted by Crippen LogP contribution is -2.33. The third-order valence-electron chi connectivity index (χ3n) is 2.54. The summed E-state index contributed by atoms with van der Waals surface area (Å²) >= 11 is 0. The zero-order chi connectivity index (χ0) is 11.1. The second-order valence-corrected chi connectivity index (χ2v) is 4.00. The molecule has 1 rings (SSSR count). The van der Waals surface area contributed by atoms with Crippen molar-refractivity contribution < 1.29 is 5.11 Å². The molecule has 1 aromatic carbocycles. The zero-order valence-electron chi connectivity index (χ0n) is 9.61. The summed E-state index contributed by atoms with van der Waals surface area (Å²) in [6, 6.07) is 10.9. The van der Waals surface area contributed by atoms with Crippen LogP contribution >= 0.6 is 0 Å². The molecular weight excluding hydrogens is 186 g/mol. The van der Waals surface area contributed by atoms with Gasteiger partial charge in [-0.25, -0.2) is 0 Å². The van der Waals surface area contributed by atoms with Crippen LogP contribution in [0.4, 0.5) is 0 Å². The SMILES string of the molecule is CCC[C@H](N[C@H](C)CO)c1ccccc1. The summed E-state index contributed by atoms with van der Waals surface area (Å²) in [6.07, 6.45) is 2.25. The molecule has 1 aromatic rings. The van der Waals surface area contributed by atoms with Gasteiger partial charge in [0, 0.05) is 12.1 Å². The van der Waals surface area contributed by atoms with Crippen molar-refractivity contribution in [2.45, 2.75) is 38.8 Å². The lowest BCUT2D eigenvalue weighted by Gasteiger charge is -2.22. The molecule has 0 fully saturated rings. The molecule has 2 nitrogen and oxygen atoms in total. The average Bonchev–Trinajstić information content (AvgIpc) is 2.29. The highest BCUT2D eigenvalue weighted by Gasteiger charge is 2.12. The van der Waals surface area contributed by atoms with Gasteiger partial charge >= 0.3 is 0 Å². The molecule has 2 N–H and O–H groups in total. The van der Waals surface area contributed by atoms with Crippen molar-refractivity contribution in [3.63, 3.8) is 0 Å². The third-order valence-corrected chi connectivity index (χ3v) is 2.54. The number of hydrogen-bond donors (Lipinski definition) is 2. The van der Waals surface area contributed by atoms with E-state index in [4.69, 9.17) is 5.11 Å². The van der Waals surface area contributed by atoms with Gasteiger partial charge in [-0.1, -0.05) is 43.7 Å². The molecule has 0 saturated carbocycles. The van der Waals surface area contributed by atoms with E-state index in [-0.39, 0.29) is 12.6 Å². The first-order valence-corrected chi connectivity index (χ1v) is 5.69. The monoisotopic (exact) mass is 207 g/mol. The topological polar surface area (TPSA) is 32.3 Å². The van der Waals surface area contributed by atoms with E-state index >= 15 is 0 Å². The molecule has 0 saturated heterocycles. The Balaban J connectivity index is 2.65. The van der Waals surface area contributed by atoms with E-state index in [1.807, 2.05) is 13.0 Å². The van der Waals surface area contributed by atoms with Crippen LogP contribution in [0.2, 0.25) is 0 Å².